The van der Waals surface area contributed by atoms with Crippen LogP contribution in [0.5, 0.6) is 11.6 Å². The number of ether oxygens (including phenoxy) is 1. The van der Waals surface area contributed by atoms with E-state index in [4.69, 9.17) is 4.74 Å². The molecule has 4 aromatic rings. The topological polar surface area (TPSA) is 81.9 Å². The molecule has 0 radical (unpaired) electrons. The molecule has 3 heterocycles. The summed E-state index contributed by atoms with van der Waals surface area (Å²) in [6.45, 7) is 2.02. The Balaban J connectivity index is 1.40. The number of anilines is 1. The van der Waals surface area contributed by atoms with Crippen molar-refractivity contribution in [3.05, 3.63) is 71.6 Å². The third-order valence-corrected chi connectivity index (χ3v) is 4.82. The fourth-order valence-corrected chi connectivity index (χ4v) is 3.25. The van der Waals surface area contributed by atoms with Crippen molar-refractivity contribution in [3.63, 3.8) is 0 Å². The van der Waals surface area contributed by atoms with Crippen LogP contribution in [0.3, 0.4) is 0 Å². The second-order valence-electron chi connectivity index (χ2n) is 6.19. The smallest absolute Gasteiger partial charge is 0.275 e. The number of aromatic nitrogens is 4. The number of rotatable bonds is 5. The Morgan fingerprint density at radius 3 is 2.64 bits per heavy atom. The molecule has 0 fully saturated rings. The molecule has 0 atom stereocenters. The summed E-state index contributed by atoms with van der Waals surface area (Å²) in [4.78, 5) is 21.0. The fraction of sp³-hybridized carbons (Fsp3) is 0.100. The number of hydrogen-bond donors (Lipinski definition) is 1. The molecular formula is C20H17N5O2S. The SMILES string of the molecule is Cc1ccc(Oc2ccc(NC(=O)c3csc(-c4cnn(C)c4)n3)cn2)cc1. The van der Waals surface area contributed by atoms with Gasteiger partial charge in [-0.15, -0.1) is 11.3 Å². The quantitative estimate of drug-likeness (QED) is 0.549. The van der Waals surface area contributed by atoms with Gasteiger partial charge in [-0.2, -0.15) is 5.10 Å². The van der Waals surface area contributed by atoms with Gasteiger partial charge in [0.25, 0.3) is 5.91 Å². The van der Waals surface area contributed by atoms with Crippen molar-refractivity contribution >= 4 is 22.9 Å². The van der Waals surface area contributed by atoms with Crippen LogP contribution in [-0.4, -0.2) is 25.7 Å². The minimum atomic E-state index is -0.291. The molecule has 8 heteroatoms. The third kappa shape index (κ3) is 4.07. The van der Waals surface area contributed by atoms with Crippen molar-refractivity contribution in [2.75, 3.05) is 5.32 Å². The molecule has 0 saturated carbocycles. The van der Waals surface area contributed by atoms with Crippen molar-refractivity contribution in [2.24, 2.45) is 7.05 Å². The molecule has 0 aliphatic heterocycles. The van der Waals surface area contributed by atoms with Crippen molar-refractivity contribution < 1.29 is 9.53 Å². The number of benzene rings is 1. The number of hydrogen-bond acceptors (Lipinski definition) is 6. The summed E-state index contributed by atoms with van der Waals surface area (Å²) in [5, 5.41) is 9.38. The number of aryl methyl sites for hydroxylation is 2. The molecule has 0 aliphatic carbocycles. The maximum absolute atomic E-state index is 12.4. The van der Waals surface area contributed by atoms with Gasteiger partial charge in [-0.3, -0.25) is 9.48 Å². The molecule has 0 unspecified atom stereocenters. The van der Waals surface area contributed by atoms with E-state index >= 15 is 0 Å². The van der Waals surface area contributed by atoms with Crippen LogP contribution in [0.1, 0.15) is 16.1 Å². The molecule has 1 amide bonds. The number of thiazole rings is 1. The molecule has 0 saturated heterocycles. The number of nitrogens with one attached hydrogen (secondary N) is 1. The van der Waals surface area contributed by atoms with E-state index in [1.165, 1.54) is 11.3 Å². The lowest BCUT2D eigenvalue weighted by Crippen LogP contribution is -2.12. The molecule has 28 heavy (non-hydrogen) atoms. The van der Waals surface area contributed by atoms with E-state index in [9.17, 15) is 4.79 Å². The first-order valence-corrected chi connectivity index (χ1v) is 9.41. The average molecular weight is 391 g/mol. The molecule has 0 aliphatic rings. The highest BCUT2D eigenvalue weighted by Gasteiger charge is 2.13. The third-order valence-electron chi connectivity index (χ3n) is 3.93. The van der Waals surface area contributed by atoms with Gasteiger partial charge < -0.3 is 10.1 Å². The normalized spacial score (nSPS) is 10.6. The van der Waals surface area contributed by atoms with Crippen LogP contribution < -0.4 is 10.1 Å². The van der Waals surface area contributed by atoms with E-state index in [1.54, 1.807) is 34.6 Å². The van der Waals surface area contributed by atoms with E-state index in [0.717, 1.165) is 16.1 Å². The van der Waals surface area contributed by atoms with E-state index in [2.05, 4.69) is 20.4 Å². The lowest BCUT2D eigenvalue weighted by atomic mass is 10.2. The summed E-state index contributed by atoms with van der Waals surface area (Å²) < 4.78 is 7.39. The average Bonchev–Trinajstić information content (AvgIpc) is 3.34. The molecule has 1 aromatic carbocycles. The maximum Gasteiger partial charge on any atom is 0.275 e. The lowest BCUT2D eigenvalue weighted by Gasteiger charge is -2.06. The van der Waals surface area contributed by atoms with Crippen LogP contribution in [0.4, 0.5) is 5.69 Å². The zero-order valence-corrected chi connectivity index (χ0v) is 16.1. The predicted octanol–water partition coefficient (Wildman–Crippen LogP) is 4.29. The van der Waals surface area contributed by atoms with Crippen molar-refractivity contribution in [3.8, 4) is 22.2 Å². The lowest BCUT2D eigenvalue weighted by molar-refractivity contribution is 0.102. The molecule has 1 N–H and O–H groups in total. The van der Waals surface area contributed by atoms with E-state index < -0.39 is 0 Å². The first-order valence-electron chi connectivity index (χ1n) is 8.53. The summed E-state index contributed by atoms with van der Waals surface area (Å²) >= 11 is 1.40. The molecular weight excluding hydrogens is 374 g/mol. The summed E-state index contributed by atoms with van der Waals surface area (Å²) in [5.74, 6) is 0.870. The largest absolute Gasteiger partial charge is 0.439 e. The summed E-state index contributed by atoms with van der Waals surface area (Å²) in [5.41, 5.74) is 2.96. The van der Waals surface area contributed by atoms with Gasteiger partial charge >= 0.3 is 0 Å². The van der Waals surface area contributed by atoms with Crippen LogP contribution in [-0.2, 0) is 7.05 Å². The number of carbonyl (C=O) groups is 1. The number of amides is 1. The van der Waals surface area contributed by atoms with Crippen LogP contribution in [0, 0.1) is 6.92 Å². The van der Waals surface area contributed by atoms with Gasteiger partial charge in [0.05, 0.1) is 18.1 Å². The van der Waals surface area contributed by atoms with Gasteiger partial charge in [0, 0.05) is 30.3 Å². The molecule has 7 nitrogen and oxygen atoms in total. The Labute approximate surface area is 165 Å². The highest BCUT2D eigenvalue weighted by molar-refractivity contribution is 7.13. The Morgan fingerprint density at radius 2 is 1.96 bits per heavy atom. The van der Waals surface area contributed by atoms with Crippen molar-refractivity contribution in [1.29, 1.82) is 0 Å². The van der Waals surface area contributed by atoms with E-state index in [0.29, 0.717) is 23.0 Å². The second kappa shape index (κ2) is 7.61. The van der Waals surface area contributed by atoms with Crippen molar-refractivity contribution in [2.45, 2.75) is 6.92 Å². The Bertz CT molecular complexity index is 1100. The first-order chi connectivity index (χ1) is 13.6. The zero-order chi connectivity index (χ0) is 19.5. The summed E-state index contributed by atoms with van der Waals surface area (Å²) in [6, 6.07) is 11.2. The molecule has 140 valence electrons. The first kappa shape index (κ1) is 17.9. The molecule has 3 aromatic heterocycles. The van der Waals surface area contributed by atoms with Crippen LogP contribution in [0.15, 0.2) is 60.4 Å². The van der Waals surface area contributed by atoms with Gasteiger partial charge in [-0.1, -0.05) is 17.7 Å². The summed E-state index contributed by atoms with van der Waals surface area (Å²) in [7, 11) is 1.84. The van der Waals surface area contributed by atoms with Crippen LogP contribution in [0.25, 0.3) is 10.6 Å². The minimum absolute atomic E-state index is 0.291. The van der Waals surface area contributed by atoms with Gasteiger partial charge in [0.15, 0.2) is 0 Å². The van der Waals surface area contributed by atoms with Gasteiger partial charge in [-0.05, 0) is 25.1 Å². The van der Waals surface area contributed by atoms with Crippen LogP contribution >= 0.6 is 11.3 Å². The van der Waals surface area contributed by atoms with Crippen LogP contribution in [0.2, 0.25) is 0 Å². The van der Waals surface area contributed by atoms with Gasteiger partial charge in [0.1, 0.15) is 16.5 Å². The van der Waals surface area contributed by atoms with Crippen molar-refractivity contribution in [1.82, 2.24) is 19.7 Å². The fourth-order valence-electron chi connectivity index (χ4n) is 2.48. The van der Waals surface area contributed by atoms with E-state index in [1.807, 2.05) is 44.4 Å². The highest BCUT2D eigenvalue weighted by atomic mass is 32.1. The molecule has 0 spiro atoms. The second-order valence-corrected chi connectivity index (χ2v) is 7.05. The van der Waals surface area contributed by atoms with Gasteiger partial charge in [-0.25, -0.2) is 9.97 Å². The molecule has 4 rings (SSSR count). The Morgan fingerprint density at radius 1 is 1.14 bits per heavy atom. The Hall–Kier alpha value is -3.52. The number of carbonyl (C=O) groups excluding carboxylic acids is 1. The predicted molar refractivity (Wildman–Crippen MR) is 108 cm³/mol. The highest BCUT2D eigenvalue weighted by Crippen LogP contribution is 2.24. The maximum atomic E-state index is 12.4. The van der Waals surface area contributed by atoms with Gasteiger partial charge in [0.2, 0.25) is 5.88 Å². The number of nitrogens with zero attached hydrogens (tertiary/aromatic N) is 4. The van der Waals surface area contributed by atoms with E-state index in [-0.39, 0.29) is 5.91 Å². The standard InChI is InChI=1S/C20H17N5O2S/c1-13-3-6-16(7-4-13)27-18-8-5-15(10-21-18)23-19(26)17-12-28-20(24-17)14-9-22-25(2)11-14/h3-12H,1-2H3,(H,23,26). The molecule has 0 bridgehead atoms. The monoisotopic (exact) mass is 391 g/mol. The Kier molecular flexibility index (Phi) is 4.86. The zero-order valence-electron chi connectivity index (χ0n) is 15.3. The number of pyridine rings is 1. The minimum Gasteiger partial charge on any atom is -0.439 e. The summed E-state index contributed by atoms with van der Waals surface area (Å²) in [6.07, 6.45) is 5.13.